The Labute approximate surface area is 123 Å². The van der Waals surface area contributed by atoms with Crippen LogP contribution in [0.1, 0.15) is 37.2 Å². The first kappa shape index (κ1) is 13.5. The van der Waals surface area contributed by atoms with Crippen LogP contribution in [0, 0.1) is 0 Å². The Kier molecular flexibility index (Phi) is 3.46. The largest absolute Gasteiger partial charge is 0.366 e. The molecule has 0 aromatic carbocycles. The zero-order chi connectivity index (χ0) is 14.3. The molecule has 2 aliphatic rings. The molecule has 1 aromatic rings. The Bertz CT molecular complexity index is 546. The van der Waals surface area contributed by atoms with Crippen LogP contribution < -0.4 is 15.5 Å². The van der Waals surface area contributed by atoms with E-state index in [2.05, 4.69) is 20.5 Å². The van der Waals surface area contributed by atoms with Crippen LogP contribution in [-0.2, 0) is 0 Å². The molecule has 0 spiro atoms. The Hall–Kier alpha value is -1.49. The van der Waals surface area contributed by atoms with Crippen LogP contribution in [0.3, 0.4) is 0 Å². The SMILES string of the molecule is CC(C)NC(=O)c1nc2c(cc1Cl)N1CCC[C@@H](C1)N2. The van der Waals surface area contributed by atoms with E-state index in [1.54, 1.807) is 0 Å². The highest BCUT2D eigenvalue weighted by molar-refractivity contribution is 6.34. The van der Waals surface area contributed by atoms with Crippen LogP contribution in [0.15, 0.2) is 6.07 Å². The summed E-state index contributed by atoms with van der Waals surface area (Å²) in [7, 11) is 0. The summed E-state index contributed by atoms with van der Waals surface area (Å²) in [5.41, 5.74) is 1.31. The molecule has 6 heteroatoms. The Balaban J connectivity index is 1.95. The summed E-state index contributed by atoms with van der Waals surface area (Å²) in [5.74, 6) is 0.555. The quantitative estimate of drug-likeness (QED) is 0.878. The maximum atomic E-state index is 12.1. The first-order valence-electron chi connectivity index (χ1n) is 7.07. The number of fused-ring (bicyclic) bond motifs is 4. The fraction of sp³-hybridized carbons (Fsp3) is 0.571. The lowest BCUT2D eigenvalue weighted by Gasteiger charge is -2.40. The monoisotopic (exact) mass is 294 g/mol. The maximum Gasteiger partial charge on any atom is 0.271 e. The summed E-state index contributed by atoms with van der Waals surface area (Å²) in [6.45, 7) is 5.85. The highest BCUT2D eigenvalue weighted by Crippen LogP contribution is 2.36. The second kappa shape index (κ2) is 5.13. The fourth-order valence-electron chi connectivity index (χ4n) is 2.82. The number of halogens is 1. The normalized spacial score (nSPS) is 20.4. The van der Waals surface area contributed by atoms with E-state index in [4.69, 9.17) is 11.6 Å². The predicted octanol–water partition coefficient (Wildman–Crippen LogP) is 2.27. The number of aromatic nitrogens is 1. The van der Waals surface area contributed by atoms with Gasteiger partial charge in [-0.15, -0.1) is 0 Å². The minimum absolute atomic E-state index is 0.0625. The van der Waals surface area contributed by atoms with Gasteiger partial charge in [-0.05, 0) is 32.8 Å². The number of carbonyl (C=O) groups is 1. The molecule has 1 aromatic heterocycles. The minimum atomic E-state index is -0.222. The number of pyridine rings is 1. The van der Waals surface area contributed by atoms with Crippen molar-refractivity contribution < 1.29 is 4.79 Å². The highest BCUT2D eigenvalue weighted by atomic mass is 35.5. The molecular weight excluding hydrogens is 276 g/mol. The predicted molar refractivity (Wildman–Crippen MR) is 80.7 cm³/mol. The maximum absolute atomic E-state index is 12.1. The van der Waals surface area contributed by atoms with E-state index in [1.165, 1.54) is 6.42 Å². The molecule has 1 fully saturated rings. The van der Waals surface area contributed by atoms with Crippen molar-refractivity contribution in [2.24, 2.45) is 0 Å². The van der Waals surface area contributed by atoms with Crippen molar-refractivity contribution in [2.45, 2.75) is 38.8 Å². The molecule has 0 aliphatic carbocycles. The van der Waals surface area contributed by atoms with Gasteiger partial charge in [0.05, 0.1) is 10.7 Å². The number of carbonyl (C=O) groups excluding carboxylic acids is 1. The highest BCUT2D eigenvalue weighted by Gasteiger charge is 2.30. The number of nitrogens with zero attached hydrogens (tertiary/aromatic N) is 2. The van der Waals surface area contributed by atoms with Crippen molar-refractivity contribution in [3.05, 3.63) is 16.8 Å². The second-order valence-corrected chi connectivity index (χ2v) is 6.15. The van der Waals surface area contributed by atoms with Crippen LogP contribution in [0.25, 0.3) is 0 Å². The smallest absolute Gasteiger partial charge is 0.271 e. The summed E-state index contributed by atoms with van der Waals surface area (Å²) >= 11 is 6.24. The van der Waals surface area contributed by atoms with Gasteiger partial charge in [0.15, 0.2) is 5.82 Å². The molecule has 0 unspecified atom stereocenters. The van der Waals surface area contributed by atoms with E-state index in [1.807, 2.05) is 19.9 Å². The van der Waals surface area contributed by atoms with E-state index in [0.717, 1.165) is 31.0 Å². The number of hydrogen-bond acceptors (Lipinski definition) is 4. The molecule has 2 aliphatic heterocycles. The summed E-state index contributed by atoms with van der Waals surface area (Å²) in [5, 5.41) is 6.65. The standard InChI is InChI=1S/C14H19ClN4O/c1-8(2)16-14(20)12-10(15)6-11-13(18-12)17-9-4-3-5-19(11)7-9/h6,8-9H,3-5,7H2,1-2H3,(H,16,20)(H,17,18)/t9-/m0/s1. The lowest BCUT2D eigenvalue weighted by molar-refractivity contribution is 0.0938. The molecule has 5 nitrogen and oxygen atoms in total. The van der Waals surface area contributed by atoms with Crippen LogP contribution in [0.4, 0.5) is 11.5 Å². The lowest BCUT2D eigenvalue weighted by Crippen LogP contribution is -2.46. The van der Waals surface area contributed by atoms with E-state index >= 15 is 0 Å². The van der Waals surface area contributed by atoms with Crippen LogP contribution in [0.2, 0.25) is 5.02 Å². The van der Waals surface area contributed by atoms with Crippen molar-refractivity contribution in [1.29, 1.82) is 0 Å². The third kappa shape index (κ3) is 2.42. The zero-order valence-electron chi connectivity index (χ0n) is 11.7. The molecule has 1 atom stereocenters. The van der Waals surface area contributed by atoms with E-state index in [-0.39, 0.29) is 11.9 Å². The van der Waals surface area contributed by atoms with Crippen molar-refractivity contribution in [1.82, 2.24) is 10.3 Å². The first-order chi connectivity index (χ1) is 9.54. The molecule has 1 saturated heterocycles. The molecule has 20 heavy (non-hydrogen) atoms. The van der Waals surface area contributed by atoms with Crippen LogP contribution >= 0.6 is 11.6 Å². The third-order valence-corrected chi connectivity index (χ3v) is 3.98. The van der Waals surface area contributed by atoms with Gasteiger partial charge >= 0.3 is 0 Å². The number of nitrogens with one attached hydrogen (secondary N) is 2. The van der Waals surface area contributed by atoms with Crippen molar-refractivity contribution in [3.63, 3.8) is 0 Å². The van der Waals surface area contributed by atoms with Crippen molar-refractivity contribution in [2.75, 3.05) is 23.3 Å². The van der Waals surface area contributed by atoms with Crippen LogP contribution in [-0.4, -0.2) is 36.1 Å². The van der Waals surface area contributed by atoms with Gasteiger partial charge in [-0.3, -0.25) is 4.79 Å². The van der Waals surface area contributed by atoms with Gasteiger partial charge < -0.3 is 15.5 Å². The minimum Gasteiger partial charge on any atom is -0.366 e. The van der Waals surface area contributed by atoms with Gasteiger partial charge in [-0.2, -0.15) is 0 Å². The lowest BCUT2D eigenvalue weighted by atomic mass is 10.0. The first-order valence-corrected chi connectivity index (χ1v) is 7.45. The van der Waals surface area contributed by atoms with Gasteiger partial charge in [-0.1, -0.05) is 11.6 Å². The fourth-order valence-corrected chi connectivity index (χ4v) is 3.05. The van der Waals surface area contributed by atoms with E-state index in [0.29, 0.717) is 16.8 Å². The molecule has 108 valence electrons. The molecule has 2 N–H and O–H groups in total. The molecule has 3 rings (SSSR count). The molecule has 3 heterocycles. The number of amides is 1. The average Bonchev–Trinajstić information content (AvgIpc) is 2.39. The summed E-state index contributed by atoms with van der Waals surface area (Å²) < 4.78 is 0. The second-order valence-electron chi connectivity index (χ2n) is 5.74. The number of rotatable bonds is 2. The topological polar surface area (TPSA) is 57.3 Å². The third-order valence-electron chi connectivity index (χ3n) is 3.69. The van der Waals surface area contributed by atoms with Crippen molar-refractivity contribution >= 4 is 29.0 Å². The van der Waals surface area contributed by atoms with Gasteiger partial charge in [0.2, 0.25) is 0 Å². The van der Waals surface area contributed by atoms with E-state index in [9.17, 15) is 4.79 Å². The Morgan fingerprint density at radius 3 is 3.15 bits per heavy atom. The zero-order valence-corrected chi connectivity index (χ0v) is 12.5. The van der Waals surface area contributed by atoms with E-state index < -0.39 is 0 Å². The number of hydrogen-bond donors (Lipinski definition) is 2. The summed E-state index contributed by atoms with van der Waals surface area (Å²) in [6, 6.07) is 2.34. The molecule has 0 saturated carbocycles. The number of piperidine rings is 1. The molecular formula is C14H19ClN4O. The average molecular weight is 295 g/mol. The van der Waals surface area contributed by atoms with Crippen LogP contribution in [0.5, 0.6) is 0 Å². The number of anilines is 2. The van der Waals surface area contributed by atoms with Gasteiger partial charge in [0, 0.05) is 25.2 Å². The summed E-state index contributed by atoms with van der Waals surface area (Å²) in [4.78, 5) is 18.9. The Morgan fingerprint density at radius 1 is 1.60 bits per heavy atom. The summed E-state index contributed by atoms with van der Waals surface area (Å²) in [6.07, 6.45) is 2.32. The van der Waals surface area contributed by atoms with Gasteiger partial charge in [-0.25, -0.2) is 4.98 Å². The van der Waals surface area contributed by atoms with Gasteiger partial charge in [0.25, 0.3) is 5.91 Å². The molecule has 2 bridgehead atoms. The Morgan fingerprint density at radius 2 is 2.40 bits per heavy atom. The molecule has 1 amide bonds. The van der Waals surface area contributed by atoms with Gasteiger partial charge in [0.1, 0.15) is 5.69 Å². The van der Waals surface area contributed by atoms with Crippen molar-refractivity contribution in [3.8, 4) is 0 Å². The molecule has 0 radical (unpaired) electrons.